The first kappa shape index (κ1) is 8.83. The van der Waals surface area contributed by atoms with E-state index >= 15 is 0 Å². The van der Waals surface area contributed by atoms with Crippen molar-refractivity contribution in [3.05, 3.63) is 18.6 Å². The smallest absolute Gasteiger partial charge is 0.0351 e. The monoisotopic (exact) mass is 151 g/mol. The normalized spacial score (nSPS) is 22.5. The predicted molar refractivity (Wildman–Crippen MR) is 50.4 cm³/mol. The fraction of sp³-hybridized carbons (Fsp3) is 0.727. The summed E-state index contributed by atoms with van der Waals surface area (Å²) in [5.41, 5.74) is 0. The summed E-state index contributed by atoms with van der Waals surface area (Å²) in [6.45, 7) is 0. The van der Waals surface area contributed by atoms with E-state index in [0.717, 1.165) is 0 Å². The predicted octanol–water partition coefficient (Wildman–Crippen LogP) is 3.88. The zero-order valence-electron chi connectivity index (χ0n) is 7.39. The summed E-state index contributed by atoms with van der Waals surface area (Å²) in [4.78, 5) is 0. The maximum atomic E-state index is 2.46. The summed E-state index contributed by atoms with van der Waals surface area (Å²) in [7, 11) is 0. The van der Waals surface area contributed by atoms with Crippen LogP contribution in [0.4, 0.5) is 0 Å². The zero-order valence-corrected chi connectivity index (χ0v) is 7.39. The molecule has 1 rings (SSSR count). The van der Waals surface area contributed by atoms with E-state index in [-0.39, 0.29) is 0 Å². The van der Waals surface area contributed by atoms with E-state index in [1.54, 1.807) is 0 Å². The molecule has 0 heterocycles. The summed E-state index contributed by atoms with van der Waals surface area (Å²) in [6, 6.07) is 0. The molecular formula is C11H19. The molecule has 1 aliphatic carbocycles. The van der Waals surface area contributed by atoms with Gasteiger partial charge in [0, 0.05) is 0 Å². The molecule has 0 aliphatic heterocycles. The highest BCUT2D eigenvalue weighted by Gasteiger charge is 1.92. The van der Waals surface area contributed by atoms with Gasteiger partial charge in [-0.15, -0.1) is 0 Å². The van der Waals surface area contributed by atoms with Crippen molar-refractivity contribution in [2.75, 3.05) is 0 Å². The van der Waals surface area contributed by atoms with E-state index in [2.05, 4.69) is 18.6 Å². The maximum Gasteiger partial charge on any atom is -0.0351 e. The van der Waals surface area contributed by atoms with Crippen LogP contribution in [-0.4, -0.2) is 0 Å². The van der Waals surface area contributed by atoms with E-state index in [0.29, 0.717) is 0 Å². The van der Waals surface area contributed by atoms with Gasteiger partial charge in [0.15, 0.2) is 0 Å². The highest BCUT2D eigenvalue weighted by atomic mass is 14.0. The maximum absolute atomic E-state index is 2.46. The minimum absolute atomic E-state index is 1.29. The molecule has 1 radical (unpaired) electrons. The minimum Gasteiger partial charge on any atom is -0.0885 e. The average Bonchev–Trinajstić information content (AvgIpc) is 2.08. The summed E-state index contributed by atoms with van der Waals surface area (Å²) >= 11 is 0. The van der Waals surface area contributed by atoms with Crippen molar-refractivity contribution in [2.24, 2.45) is 0 Å². The molecule has 0 saturated carbocycles. The molecule has 0 aromatic heterocycles. The second-order valence-electron chi connectivity index (χ2n) is 3.33. The Morgan fingerprint density at radius 1 is 0.545 bits per heavy atom. The Balaban J connectivity index is 2.11. The van der Waals surface area contributed by atoms with Crippen molar-refractivity contribution in [1.29, 1.82) is 0 Å². The lowest BCUT2D eigenvalue weighted by molar-refractivity contribution is 0.666. The molecule has 0 saturated heterocycles. The van der Waals surface area contributed by atoms with Gasteiger partial charge >= 0.3 is 0 Å². The molecule has 0 aromatic rings. The quantitative estimate of drug-likeness (QED) is 0.461. The van der Waals surface area contributed by atoms with Crippen molar-refractivity contribution in [3.8, 4) is 0 Å². The largest absolute Gasteiger partial charge is 0.0885 e. The van der Waals surface area contributed by atoms with E-state index < -0.39 is 0 Å². The Bertz CT molecular complexity index is 90.6. The van der Waals surface area contributed by atoms with Gasteiger partial charge in [-0.3, -0.25) is 0 Å². The van der Waals surface area contributed by atoms with E-state index in [9.17, 15) is 0 Å². The van der Waals surface area contributed by atoms with Crippen LogP contribution in [0.5, 0.6) is 0 Å². The number of rotatable bonds is 0. The van der Waals surface area contributed by atoms with Crippen LogP contribution in [0.3, 0.4) is 0 Å². The molecule has 0 amide bonds. The van der Waals surface area contributed by atoms with Crippen molar-refractivity contribution in [1.82, 2.24) is 0 Å². The summed E-state index contributed by atoms with van der Waals surface area (Å²) < 4.78 is 0. The fourth-order valence-corrected chi connectivity index (χ4v) is 1.49. The van der Waals surface area contributed by atoms with Crippen LogP contribution in [0.2, 0.25) is 0 Å². The van der Waals surface area contributed by atoms with Gasteiger partial charge in [-0.1, -0.05) is 31.4 Å². The Morgan fingerprint density at radius 3 is 2.09 bits per heavy atom. The van der Waals surface area contributed by atoms with E-state index in [1.165, 1.54) is 51.4 Å². The second kappa shape index (κ2) is 6.45. The van der Waals surface area contributed by atoms with Crippen LogP contribution in [0, 0.1) is 6.42 Å². The molecule has 1 aliphatic rings. The highest BCUT2D eigenvalue weighted by molar-refractivity contribution is 4.82. The molecule has 0 bridgehead atoms. The highest BCUT2D eigenvalue weighted by Crippen LogP contribution is 2.11. The van der Waals surface area contributed by atoms with Crippen LogP contribution < -0.4 is 0 Å². The first-order valence-electron chi connectivity index (χ1n) is 4.97. The summed E-state index contributed by atoms with van der Waals surface area (Å²) in [5.74, 6) is 0. The van der Waals surface area contributed by atoms with Gasteiger partial charge in [0.05, 0.1) is 0 Å². The first-order chi connectivity index (χ1) is 5.50. The third-order valence-corrected chi connectivity index (χ3v) is 2.22. The average molecular weight is 151 g/mol. The molecule has 0 aromatic carbocycles. The summed E-state index contributed by atoms with van der Waals surface area (Å²) in [6.07, 6.45) is 18.0. The summed E-state index contributed by atoms with van der Waals surface area (Å²) in [5, 5.41) is 0. The van der Waals surface area contributed by atoms with Gasteiger partial charge in [0.1, 0.15) is 0 Å². The Hall–Kier alpha value is -0.260. The molecule has 0 nitrogen and oxygen atoms in total. The van der Waals surface area contributed by atoms with Crippen LogP contribution in [-0.2, 0) is 0 Å². The van der Waals surface area contributed by atoms with Gasteiger partial charge in [-0.2, -0.15) is 0 Å². The van der Waals surface area contributed by atoms with Gasteiger partial charge in [0.25, 0.3) is 0 Å². The first-order valence-corrected chi connectivity index (χ1v) is 4.97. The van der Waals surface area contributed by atoms with Crippen molar-refractivity contribution < 1.29 is 0 Å². The van der Waals surface area contributed by atoms with Crippen LogP contribution in [0.15, 0.2) is 12.2 Å². The number of hydrogen-bond donors (Lipinski definition) is 0. The van der Waals surface area contributed by atoms with Crippen molar-refractivity contribution in [2.45, 2.75) is 51.4 Å². The standard InChI is InChI=1S/C11H19/c1-2-4-6-8-10-11-9-7-5-3-1/h1-2,9H,3-8,10-11H2. The lowest BCUT2D eigenvalue weighted by Crippen LogP contribution is -1.79. The molecule has 0 spiro atoms. The SMILES string of the molecule is [CH]1CCCC=CCCCCC1. The lowest BCUT2D eigenvalue weighted by Gasteiger charge is -1.97. The second-order valence-corrected chi connectivity index (χ2v) is 3.33. The fourth-order valence-electron chi connectivity index (χ4n) is 1.49. The van der Waals surface area contributed by atoms with Gasteiger partial charge in [0.2, 0.25) is 0 Å². The van der Waals surface area contributed by atoms with Crippen LogP contribution in [0.25, 0.3) is 0 Å². The zero-order chi connectivity index (χ0) is 7.78. The molecule has 0 atom stereocenters. The molecular weight excluding hydrogens is 132 g/mol. The minimum atomic E-state index is 1.29. The Kier molecular flexibility index (Phi) is 5.18. The topological polar surface area (TPSA) is 0 Å². The van der Waals surface area contributed by atoms with Gasteiger partial charge in [-0.25, -0.2) is 0 Å². The molecule has 63 valence electrons. The van der Waals surface area contributed by atoms with Crippen LogP contribution >= 0.6 is 0 Å². The molecule has 0 unspecified atom stereocenters. The van der Waals surface area contributed by atoms with Crippen molar-refractivity contribution in [3.63, 3.8) is 0 Å². The van der Waals surface area contributed by atoms with Crippen molar-refractivity contribution >= 4 is 0 Å². The van der Waals surface area contributed by atoms with E-state index in [1.807, 2.05) is 0 Å². The number of hydrogen-bond acceptors (Lipinski definition) is 0. The Labute approximate surface area is 70.7 Å². The Morgan fingerprint density at radius 2 is 1.18 bits per heavy atom. The van der Waals surface area contributed by atoms with Crippen LogP contribution in [0.1, 0.15) is 51.4 Å². The van der Waals surface area contributed by atoms with E-state index in [4.69, 9.17) is 0 Å². The molecule has 0 fully saturated rings. The lowest BCUT2D eigenvalue weighted by atomic mass is 10.1. The van der Waals surface area contributed by atoms with Gasteiger partial charge in [-0.05, 0) is 38.5 Å². The number of allylic oxidation sites excluding steroid dienone is 2. The molecule has 0 N–H and O–H groups in total. The molecule has 0 heteroatoms. The third-order valence-electron chi connectivity index (χ3n) is 2.22. The van der Waals surface area contributed by atoms with Gasteiger partial charge < -0.3 is 0 Å². The third kappa shape index (κ3) is 5.06. The molecule has 11 heavy (non-hydrogen) atoms.